The highest BCUT2D eigenvalue weighted by atomic mass is 16.3. The first-order valence-corrected chi connectivity index (χ1v) is 8.32. The topological polar surface area (TPSA) is 52.6 Å². The highest BCUT2D eigenvalue weighted by Gasteiger charge is 2.29. The van der Waals surface area contributed by atoms with Crippen LogP contribution in [-0.2, 0) is 4.79 Å². The number of aliphatic hydroxyl groups is 1. The van der Waals surface area contributed by atoms with Crippen molar-refractivity contribution in [2.75, 3.05) is 26.2 Å². The first kappa shape index (κ1) is 15.8. The zero-order valence-electron chi connectivity index (χ0n) is 12.8. The van der Waals surface area contributed by atoms with Crippen LogP contribution in [0.1, 0.15) is 51.9 Å². The number of nitrogens with one attached hydrogen (secondary N) is 1. The van der Waals surface area contributed by atoms with Crippen LogP contribution in [0.4, 0.5) is 0 Å². The molecule has 116 valence electrons. The summed E-state index contributed by atoms with van der Waals surface area (Å²) < 4.78 is 0. The lowest BCUT2D eigenvalue weighted by Crippen LogP contribution is -2.50. The Kier molecular flexibility index (Phi) is 6.30. The number of piperidine rings is 1. The monoisotopic (exact) mass is 282 g/mol. The van der Waals surface area contributed by atoms with Crippen LogP contribution in [0.25, 0.3) is 0 Å². The molecule has 1 aliphatic heterocycles. The summed E-state index contributed by atoms with van der Waals surface area (Å²) in [7, 11) is 0. The van der Waals surface area contributed by atoms with Gasteiger partial charge in [-0.3, -0.25) is 9.69 Å². The molecule has 0 radical (unpaired) electrons. The van der Waals surface area contributed by atoms with Gasteiger partial charge in [-0.05, 0) is 44.1 Å². The zero-order chi connectivity index (χ0) is 14.4. The van der Waals surface area contributed by atoms with Crippen LogP contribution in [0.5, 0.6) is 0 Å². The number of rotatable bonds is 5. The number of hydrogen-bond acceptors (Lipinski definition) is 3. The van der Waals surface area contributed by atoms with Gasteiger partial charge in [0.1, 0.15) is 0 Å². The maximum Gasteiger partial charge on any atom is 0.234 e. The molecule has 20 heavy (non-hydrogen) atoms. The minimum atomic E-state index is 0.128. The van der Waals surface area contributed by atoms with Crippen molar-refractivity contribution in [2.45, 2.75) is 57.9 Å². The molecule has 0 aromatic heterocycles. The largest absolute Gasteiger partial charge is 0.395 e. The van der Waals surface area contributed by atoms with Crippen LogP contribution in [-0.4, -0.2) is 48.2 Å². The Labute approximate surface area is 122 Å². The van der Waals surface area contributed by atoms with E-state index in [4.69, 9.17) is 0 Å². The van der Waals surface area contributed by atoms with Gasteiger partial charge in [-0.1, -0.05) is 26.2 Å². The van der Waals surface area contributed by atoms with Crippen molar-refractivity contribution >= 4 is 5.91 Å². The molecule has 0 bridgehead atoms. The van der Waals surface area contributed by atoms with Gasteiger partial charge in [-0.15, -0.1) is 0 Å². The summed E-state index contributed by atoms with van der Waals surface area (Å²) in [6.45, 7) is 4.56. The van der Waals surface area contributed by atoms with Crippen LogP contribution in [0.2, 0.25) is 0 Å². The minimum Gasteiger partial charge on any atom is -0.395 e. The quantitative estimate of drug-likeness (QED) is 0.808. The molecule has 1 amide bonds. The number of likely N-dealkylation sites (tertiary alicyclic amines) is 1. The van der Waals surface area contributed by atoms with E-state index >= 15 is 0 Å². The van der Waals surface area contributed by atoms with Gasteiger partial charge >= 0.3 is 0 Å². The van der Waals surface area contributed by atoms with Gasteiger partial charge in [0, 0.05) is 12.6 Å². The zero-order valence-corrected chi connectivity index (χ0v) is 12.8. The van der Waals surface area contributed by atoms with Crippen molar-refractivity contribution in [1.29, 1.82) is 0 Å². The van der Waals surface area contributed by atoms with Gasteiger partial charge in [0.25, 0.3) is 0 Å². The number of carbonyl (C=O) groups excluding carboxylic acids is 1. The Balaban J connectivity index is 1.72. The maximum absolute atomic E-state index is 12.1. The van der Waals surface area contributed by atoms with Gasteiger partial charge in [0.15, 0.2) is 0 Å². The van der Waals surface area contributed by atoms with E-state index in [1.807, 2.05) is 0 Å². The molecule has 2 rings (SSSR count). The van der Waals surface area contributed by atoms with E-state index in [0.29, 0.717) is 18.4 Å². The van der Waals surface area contributed by atoms with E-state index in [2.05, 4.69) is 17.1 Å². The van der Waals surface area contributed by atoms with Crippen molar-refractivity contribution in [3.05, 3.63) is 0 Å². The molecule has 1 heterocycles. The van der Waals surface area contributed by atoms with Gasteiger partial charge in [-0.2, -0.15) is 0 Å². The smallest absolute Gasteiger partial charge is 0.234 e. The molecule has 4 nitrogen and oxygen atoms in total. The van der Waals surface area contributed by atoms with Crippen molar-refractivity contribution in [1.82, 2.24) is 10.2 Å². The summed E-state index contributed by atoms with van der Waals surface area (Å²) in [6, 6.07) is 0.157. The van der Waals surface area contributed by atoms with Crippen molar-refractivity contribution in [3.8, 4) is 0 Å². The molecule has 2 atom stereocenters. The molecule has 2 unspecified atom stereocenters. The summed E-state index contributed by atoms with van der Waals surface area (Å²) in [5.74, 6) is 1.30. The minimum absolute atomic E-state index is 0.128. The first-order chi connectivity index (χ1) is 9.70. The lowest BCUT2D eigenvalue weighted by Gasteiger charge is -2.38. The van der Waals surface area contributed by atoms with Crippen LogP contribution in [0, 0.1) is 11.8 Å². The van der Waals surface area contributed by atoms with E-state index in [-0.39, 0.29) is 18.6 Å². The summed E-state index contributed by atoms with van der Waals surface area (Å²) in [5.41, 5.74) is 0. The number of carbonyl (C=O) groups is 1. The van der Waals surface area contributed by atoms with E-state index in [9.17, 15) is 9.90 Å². The van der Waals surface area contributed by atoms with E-state index in [0.717, 1.165) is 25.9 Å². The molecule has 4 heteroatoms. The lowest BCUT2D eigenvalue weighted by molar-refractivity contribution is -0.124. The number of amides is 1. The molecule has 2 N–H and O–H groups in total. The van der Waals surface area contributed by atoms with Crippen LogP contribution in [0.3, 0.4) is 0 Å². The standard InChI is InChI=1S/C16H30N2O2/c1-13-6-5-9-18(15(13)12-19)11-16(20)17-10-14-7-3-2-4-8-14/h13-15,19H,2-12H2,1H3,(H,17,20). The van der Waals surface area contributed by atoms with Crippen LogP contribution in [0.15, 0.2) is 0 Å². The molecule has 0 spiro atoms. The van der Waals surface area contributed by atoms with Crippen molar-refractivity contribution in [2.24, 2.45) is 11.8 Å². The van der Waals surface area contributed by atoms with Crippen LogP contribution >= 0.6 is 0 Å². The third-order valence-electron chi connectivity index (χ3n) is 5.08. The van der Waals surface area contributed by atoms with Gasteiger partial charge in [0.05, 0.1) is 13.2 Å². The molecule has 2 aliphatic rings. The van der Waals surface area contributed by atoms with E-state index in [1.165, 1.54) is 32.1 Å². The second kappa shape index (κ2) is 7.99. The molecule has 0 aromatic rings. The van der Waals surface area contributed by atoms with Gasteiger partial charge < -0.3 is 10.4 Å². The number of nitrogens with zero attached hydrogens (tertiary/aromatic N) is 1. The normalized spacial score (nSPS) is 29.3. The summed E-state index contributed by atoms with van der Waals surface area (Å²) in [5, 5.41) is 12.6. The van der Waals surface area contributed by atoms with Gasteiger partial charge in [0.2, 0.25) is 5.91 Å². The number of aliphatic hydroxyl groups excluding tert-OH is 1. The first-order valence-electron chi connectivity index (χ1n) is 8.32. The molecule has 1 saturated heterocycles. The van der Waals surface area contributed by atoms with Crippen molar-refractivity contribution < 1.29 is 9.90 Å². The molecule has 1 saturated carbocycles. The Bertz CT molecular complexity index is 303. The third kappa shape index (κ3) is 4.45. The number of hydrogen-bond donors (Lipinski definition) is 2. The Morgan fingerprint density at radius 1 is 1.20 bits per heavy atom. The van der Waals surface area contributed by atoms with Crippen LogP contribution < -0.4 is 5.32 Å². The molecule has 0 aromatic carbocycles. The fraction of sp³-hybridized carbons (Fsp3) is 0.938. The Hall–Kier alpha value is -0.610. The van der Waals surface area contributed by atoms with E-state index < -0.39 is 0 Å². The van der Waals surface area contributed by atoms with E-state index in [1.54, 1.807) is 0 Å². The Morgan fingerprint density at radius 3 is 2.65 bits per heavy atom. The molecular formula is C16H30N2O2. The van der Waals surface area contributed by atoms with Crippen molar-refractivity contribution in [3.63, 3.8) is 0 Å². The predicted molar refractivity (Wildman–Crippen MR) is 80.4 cm³/mol. The maximum atomic E-state index is 12.1. The summed E-state index contributed by atoms with van der Waals surface area (Å²) in [6.07, 6.45) is 8.81. The second-order valence-corrected chi connectivity index (χ2v) is 6.65. The lowest BCUT2D eigenvalue weighted by atomic mass is 9.89. The molecule has 2 fully saturated rings. The molecule has 1 aliphatic carbocycles. The Morgan fingerprint density at radius 2 is 1.95 bits per heavy atom. The highest BCUT2D eigenvalue weighted by Crippen LogP contribution is 2.23. The average Bonchev–Trinajstić information content (AvgIpc) is 2.46. The average molecular weight is 282 g/mol. The third-order valence-corrected chi connectivity index (χ3v) is 5.08. The highest BCUT2D eigenvalue weighted by molar-refractivity contribution is 5.78. The SMILES string of the molecule is CC1CCCN(CC(=O)NCC2CCCCC2)C1CO. The fourth-order valence-electron chi connectivity index (χ4n) is 3.72. The van der Waals surface area contributed by atoms with Gasteiger partial charge in [-0.25, -0.2) is 0 Å². The fourth-order valence-corrected chi connectivity index (χ4v) is 3.72. The predicted octanol–water partition coefficient (Wildman–Crippen LogP) is 1.78. The second-order valence-electron chi connectivity index (χ2n) is 6.65. The molecular weight excluding hydrogens is 252 g/mol. The summed E-state index contributed by atoms with van der Waals surface area (Å²) >= 11 is 0. The summed E-state index contributed by atoms with van der Waals surface area (Å²) in [4.78, 5) is 14.2.